The van der Waals surface area contributed by atoms with E-state index < -0.39 is 10.0 Å². The van der Waals surface area contributed by atoms with Crippen LogP contribution in [0, 0.1) is 13.8 Å². The molecule has 3 aromatic carbocycles. The molecular weight excluding hydrogens is 510 g/mol. The molecule has 0 bridgehead atoms. The van der Waals surface area contributed by atoms with Crippen LogP contribution in [0.4, 0.5) is 11.4 Å². The molecule has 0 radical (unpaired) electrons. The van der Waals surface area contributed by atoms with Crippen LogP contribution in [0.15, 0.2) is 66.7 Å². The minimum absolute atomic E-state index is 0.0646. The molecule has 0 spiro atoms. The average Bonchev–Trinajstić information content (AvgIpc) is 2.88. The SMILES string of the molecule is Cc1cccc(N2CCN(C(=O)COc3ccc(N(Cc4ccc(Cl)cc4)S(C)(=O)=O)cc3)CC2)c1C. The number of ether oxygens (including phenoxy) is 1. The molecule has 1 amide bonds. The van der Waals surface area contributed by atoms with Crippen LogP contribution in [0.1, 0.15) is 16.7 Å². The number of hydrogen-bond acceptors (Lipinski definition) is 5. The van der Waals surface area contributed by atoms with E-state index in [-0.39, 0.29) is 19.1 Å². The van der Waals surface area contributed by atoms with Crippen molar-refractivity contribution in [1.82, 2.24) is 4.90 Å². The number of rotatable bonds is 8. The normalized spacial score (nSPS) is 13.9. The fraction of sp³-hybridized carbons (Fsp3) is 0.321. The maximum Gasteiger partial charge on any atom is 0.260 e. The van der Waals surface area contributed by atoms with E-state index in [2.05, 4.69) is 36.9 Å². The zero-order valence-electron chi connectivity index (χ0n) is 21.4. The summed E-state index contributed by atoms with van der Waals surface area (Å²) in [6.07, 6.45) is 1.17. The lowest BCUT2D eigenvalue weighted by atomic mass is 10.1. The van der Waals surface area contributed by atoms with Gasteiger partial charge in [0.2, 0.25) is 10.0 Å². The first-order valence-corrected chi connectivity index (χ1v) is 14.4. The van der Waals surface area contributed by atoms with Gasteiger partial charge in [0.15, 0.2) is 6.61 Å². The third-order valence-electron chi connectivity index (χ3n) is 6.68. The van der Waals surface area contributed by atoms with Crippen molar-refractivity contribution in [2.24, 2.45) is 0 Å². The highest BCUT2D eigenvalue weighted by atomic mass is 35.5. The minimum atomic E-state index is -3.51. The molecule has 3 aromatic rings. The van der Waals surface area contributed by atoms with E-state index in [9.17, 15) is 13.2 Å². The van der Waals surface area contributed by atoms with Gasteiger partial charge in [-0.3, -0.25) is 9.10 Å². The summed E-state index contributed by atoms with van der Waals surface area (Å²) in [4.78, 5) is 16.9. The Balaban J connectivity index is 1.32. The fourth-order valence-corrected chi connectivity index (χ4v) is 5.39. The van der Waals surface area contributed by atoms with Crippen molar-refractivity contribution in [2.45, 2.75) is 20.4 Å². The summed E-state index contributed by atoms with van der Waals surface area (Å²) in [5.74, 6) is 0.441. The number of aryl methyl sites for hydroxylation is 1. The Morgan fingerprint density at radius 2 is 1.59 bits per heavy atom. The molecule has 0 aliphatic carbocycles. The second kappa shape index (κ2) is 11.4. The molecular formula is C28H32ClN3O4S. The maximum absolute atomic E-state index is 12.8. The lowest BCUT2D eigenvalue weighted by Gasteiger charge is -2.37. The number of piperazine rings is 1. The number of nitrogens with zero attached hydrogens (tertiary/aromatic N) is 3. The van der Waals surface area contributed by atoms with Crippen LogP contribution in [0.5, 0.6) is 5.75 Å². The standard InChI is InChI=1S/C28H32ClN3O4S/c1-21-5-4-6-27(22(21)2)30-15-17-31(18-16-30)28(33)20-36-26-13-11-25(12-14-26)32(37(3,34)35)19-23-7-9-24(29)10-8-23/h4-14H,15-20H2,1-3H3. The number of anilines is 2. The molecule has 1 aliphatic heterocycles. The predicted molar refractivity (Wildman–Crippen MR) is 149 cm³/mol. The Kier molecular flexibility index (Phi) is 8.29. The Labute approximate surface area is 224 Å². The summed E-state index contributed by atoms with van der Waals surface area (Å²) in [6.45, 7) is 7.20. The number of sulfonamides is 1. The second-order valence-electron chi connectivity index (χ2n) is 9.27. The molecule has 1 fully saturated rings. The van der Waals surface area contributed by atoms with Gasteiger partial charge >= 0.3 is 0 Å². The number of carbonyl (C=O) groups excluding carboxylic acids is 1. The van der Waals surface area contributed by atoms with Crippen LogP contribution in [0.3, 0.4) is 0 Å². The molecule has 0 unspecified atom stereocenters. The van der Waals surface area contributed by atoms with Crippen LogP contribution in [-0.2, 0) is 21.4 Å². The van der Waals surface area contributed by atoms with Crippen molar-refractivity contribution < 1.29 is 17.9 Å². The highest BCUT2D eigenvalue weighted by Gasteiger charge is 2.23. The van der Waals surface area contributed by atoms with Crippen LogP contribution in [0.2, 0.25) is 5.02 Å². The van der Waals surface area contributed by atoms with E-state index in [1.165, 1.54) is 27.4 Å². The summed E-state index contributed by atoms with van der Waals surface area (Å²) < 4.78 is 31.9. The van der Waals surface area contributed by atoms with Gasteiger partial charge in [-0.05, 0) is 73.0 Å². The van der Waals surface area contributed by atoms with Crippen LogP contribution >= 0.6 is 11.6 Å². The molecule has 1 aliphatic rings. The Morgan fingerprint density at radius 3 is 2.22 bits per heavy atom. The summed E-state index contributed by atoms with van der Waals surface area (Å²) in [7, 11) is -3.51. The van der Waals surface area contributed by atoms with E-state index in [0.29, 0.717) is 29.5 Å². The highest BCUT2D eigenvalue weighted by Crippen LogP contribution is 2.25. The Morgan fingerprint density at radius 1 is 0.946 bits per heavy atom. The van der Waals surface area contributed by atoms with Crippen molar-refractivity contribution in [3.63, 3.8) is 0 Å². The van der Waals surface area contributed by atoms with Gasteiger partial charge in [-0.2, -0.15) is 0 Å². The van der Waals surface area contributed by atoms with Crippen molar-refractivity contribution in [3.05, 3.63) is 88.4 Å². The number of benzene rings is 3. The first-order valence-electron chi connectivity index (χ1n) is 12.2. The smallest absolute Gasteiger partial charge is 0.260 e. The monoisotopic (exact) mass is 541 g/mol. The number of hydrogen-bond donors (Lipinski definition) is 0. The van der Waals surface area contributed by atoms with Crippen molar-refractivity contribution in [2.75, 3.05) is 48.2 Å². The third kappa shape index (κ3) is 6.76. The fourth-order valence-electron chi connectivity index (χ4n) is 4.38. The van der Waals surface area contributed by atoms with Gasteiger partial charge in [0.05, 0.1) is 18.5 Å². The van der Waals surface area contributed by atoms with E-state index in [4.69, 9.17) is 16.3 Å². The zero-order chi connectivity index (χ0) is 26.6. The molecule has 196 valence electrons. The van der Waals surface area contributed by atoms with E-state index in [1.807, 2.05) is 4.90 Å². The first kappa shape index (κ1) is 26.8. The van der Waals surface area contributed by atoms with Gasteiger partial charge in [0.25, 0.3) is 5.91 Å². The van der Waals surface area contributed by atoms with E-state index in [1.54, 1.807) is 48.5 Å². The Bertz CT molecular complexity index is 1340. The molecule has 0 saturated carbocycles. The highest BCUT2D eigenvalue weighted by molar-refractivity contribution is 7.92. The van der Waals surface area contributed by atoms with Gasteiger partial charge in [-0.25, -0.2) is 8.42 Å². The topological polar surface area (TPSA) is 70.2 Å². The second-order valence-corrected chi connectivity index (χ2v) is 11.6. The lowest BCUT2D eigenvalue weighted by Crippen LogP contribution is -2.50. The summed E-state index contributed by atoms with van der Waals surface area (Å²) in [6, 6.07) is 20.1. The van der Waals surface area contributed by atoms with E-state index in [0.717, 1.165) is 18.7 Å². The zero-order valence-corrected chi connectivity index (χ0v) is 22.9. The molecule has 37 heavy (non-hydrogen) atoms. The molecule has 9 heteroatoms. The molecule has 1 heterocycles. The summed E-state index contributed by atoms with van der Waals surface area (Å²) >= 11 is 5.94. The number of amides is 1. The predicted octanol–water partition coefficient (Wildman–Crippen LogP) is 4.65. The molecule has 0 N–H and O–H groups in total. The lowest BCUT2D eigenvalue weighted by molar-refractivity contribution is -0.133. The van der Waals surface area contributed by atoms with Crippen molar-refractivity contribution in [3.8, 4) is 5.75 Å². The molecule has 0 atom stereocenters. The molecule has 0 aromatic heterocycles. The van der Waals surface area contributed by atoms with Gasteiger partial charge < -0.3 is 14.5 Å². The van der Waals surface area contributed by atoms with E-state index >= 15 is 0 Å². The summed E-state index contributed by atoms with van der Waals surface area (Å²) in [5, 5.41) is 0.592. The van der Waals surface area contributed by atoms with Crippen molar-refractivity contribution >= 4 is 38.9 Å². The van der Waals surface area contributed by atoms with Crippen LogP contribution < -0.4 is 13.9 Å². The Hall–Kier alpha value is -3.23. The molecule has 7 nitrogen and oxygen atoms in total. The van der Waals surface area contributed by atoms with Gasteiger partial charge in [0.1, 0.15) is 5.75 Å². The minimum Gasteiger partial charge on any atom is -0.484 e. The quantitative estimate of drug-likeness (QED) is 0.415. The average molecular weight is 542 g/mol. The number of carbonyl (C=O) groups is 1. The van der Waals surface area contributed by atoms with Gasteiger partial charge in [-0.15, -0.1) is 0 Å². The van der Waals surface area contributed by atoms with Crippen LogP contribution in [-0.4, -0.2) is 58.3 Å². The van der Waals surface area contributed by atoms with Gasteiger partial charge in [0, 0.05) is 36.9 Å². The summed E-state index contributed by atoms with van der Waals surface area (Å²) in [5.41, 5.74) is 5.09. The molecule has 4 rings (SSSR count). The third-order valence-corrected chi connectivity index (χ3v) is 8.07. The van der Waals surface area contributed by atoms with Crippen molar-refractivity contribution in [1.29, 1.82) is 0 Å². The number of halogens is 1. The maximum atomic E-state index is 12.8. The van der Waals surface area contributed by atoms with Crippen LogP contribution in [0.25, 0.3) is 0 Å². The first-order chi connectivity index (χ1) is 17.6. The van der Waals surface area contributed by atoms with Gasteiger partial charge in [-0.1, -0.05) is 35.9 Å². The molecule has 1 saturated heterocycles. The largest absolute Gasteiger partial charge is 0.484 e.